The Bertz CT molecular complexity index is 536. The van der Waals surface area contributed by atoms with Gasteiger partial charge >= 0.3 is 5.97 Å². The number of carbonyl (C=O) groups is 1. The first-order valence-corrected chi connectivity index (χ1v) is 9.77. The van der Waals surface area contributed by atoms with Crippen molar-refractivity contribution in [1.82, 2.24) is 0 Å². The largest absolute Gasteiger partial charge is 0.462 e. The van der Waals surface area contributed by atoms with Gasteiger partial charge in [-0.25, -0.2) is 13.2 Å². The summed E-state index contributed by atoms with van der Waals surface area (Å²) < 4.78 is 27.4. The summed E-state index contributed by atoms with van der Waals surface area (Å²) in [5, 5.41) is 1.45. The van der Waals surface area contributed by atoms with Gasteiger partial charge in [0.25, 0.3) is 9.05 Å². The lowest BCUT2D eigenvalue weighted by Gasteiger charge is -2.14. The summed E-state index contributed by atoms with van der Waals surface area (Å²) in [6.07, 6.45) is 4.22. The van der Waals surface area contributed by atoms with Gasteiger partial charge in [-0.1, -0.05) is 33.1 Å². The van der Waals surface area contributed by atoms with Crippen molar-refractivity contribution in [3.8, 4) is 0 Å². The molecule has 0 saturated carbocycles. The van der Waals surface area contributed by atoms with Crippen LogP contribution in [-0.2, 0) is 13.8 Å². The van der Waals surface area contributed by atoms with Crippen molar-refractivity contribution in [1.29, 1.82) is 0 Å². The smallest absolute Gasteiger partial charge is 0.339 e. The number of thiophene rings is 1. The van der Waals surface area contributed by atoms with Gasteiger partial charge in [0.05, 0.1) is 12.2 Å². The number of hydrogen-bond acceptors (Lipinski definition) is 5. The third-order valence-electron chi connectivity index (χ3n) is 3.04. The average molecular weight is 339 g/mol. The van der Waals surface area contributed by atoms with Crippen molar-refractivity contribution in [2.24, 2.45) is 5.92 Å². The van der Waals surface area contributed by atoms with Crippen molar-refractivity contribution in [3.63, 3.8) is 0 Å². The number of unbranched alkanes of at least 4 members (excludes halogenated alkanes) is 1. The third-order valence-corrected chi connectivity index (χ3v) is 6.09. The molecule has 0 aliphatic rings. The molecule has 4 nitrogen and oxygen atoms in total. The van der Waals surface area contributed by atoms with Gasteiger partial charge in [0.1, 0.15) is 4.21 Å². The van der Waals surface area contributed by atoms with Crippen LogP contribution >= 0.6 is 22.0 Å². The highest BCUT2D eigenvalue weighted by Crippen LogP contribution is 2.24. The Morgan fingerprint density at radius 1 is 1.45 bits per heavy atom. The molecule has 1 unspecified atom stereocenters. The molecule has 1 aromatic rings. The lowest BCUT2D eigenvalue weighted by Crippen LogP contribution is -2.13. The summed E-state index contributed by atoms with van der Waals surface area (Å²) in [5.41, 5.74) is 0.236. The number of carbonyl (C=O) groups excluding carboxylic acids is 1. The molecule has 0 saturated heterocycles. The van der Waals surface area contributed by atoms with Gasteiger partial charge in [0, 0.05) is 16.1 Å². The molecule has 1 atom stereocenters. The Morgan fingerprint density at radius 2 is 2.15 bits per heavy atom. The van der Waals surface area contributed by atoms with Crippen molar-refractivity contribution >= 4 is 37.0 Å². The monoisotopic (exact) mass is 338 g/mol. The van der Waals surface area contributed by atoms with Crippen LogP contribution in [-0.4, -0.2) is 21.0 Å². The van der Waals surface area contributed by atoms with E-state index in [2.05, 4.69) is 13.8 Å². The van der Waals surface area contributed by atoms with E-state index < -0.39 is 15.0 Å². The highest BCUT2D eigenvalue weighted by atomic mass is 35.7. The zero-order chi connectivity index (χ0) is 15.2. The predicted octanol–water partition coefficient (Wildman–Crippen LogP) is 4.05. The van der Waals surface area contributed by atoms with E-state index in [9.17, 15) is 13.2 Å². The molecule has 0 fully saturated rings. The van der Waals surface area contributed by atoms with Crippen LogP contribution in [0.3, 0.4) is 0 Å². The molecule has 0 aliphatic carbocycles. The maximum Gasteiger partial charge on any atom is 0.339 e. The molecule has 20 heavy (non-hydrogen) atoms. The van der Waals surface area contributed by atoms with E-state index in [4.69, 9.17) is 15.4 Å². The predicted molar refractivity (Wildman–Crippen MR) is 80.9 cm³/mol. The van der Waals surface area contributed by atoms with Crippen LogP contribution in [0.1, 0.15) is 49.9 Å². The standard InChI is InChI=1S/C13H19ClO4S2/c1-3-5-6-10(4-2)8-18-13(15)11-7-12(19-9-11)20(14,16)17/h7,9-10H,3-6,8H2,1-2H3. The summed E-state index contributed by atoms with van der Waals surface area (Å²) in [5.74, 6) is -0.142. The fraction of sp³-hybridized carbons (Fsp3) is 0.615. The summed E-state index contributed by atoms with van der Waals surface area (Å²) in [4.78, 5) is 11.8. The van der Waals surface area contributed by atoms with Crippen LogP contribution in [0, 0.1) is 5.92 Å². The molecule has 0 N–H and O–H groups in total. The van der Waals surface area contributed by atoms with E-state index in [1.165, 1.54) is 11.4 Å². The molecule has 1 heterocycles. The summed E-state index contributed by atoms with van der Waals surface area (Å²) in [7, 11) is 1.43. The maximum atomic E-state index is 11.8. The quantitative estimate of drug-likeness (QED) is 0.530. The molecule has 0 amide bonds. The molecular weight excluding hydrogens is 320 g/mol. The van der Waals surface area contributed by atoms with E-state index in [0.717, 1.165) is 37.0 Å². The molecule has 0 spiro atoms. The molecular formula is C13H19ClO4S2. The summed E-state index contributed by atoms with van der Waals surface area (Å²) >= 11 is 0.918. The minimum Gasteiger partial charge on any atom is -0.462 e. The first-order chi connectivity index (χ1) is 9.38. The lowest BCUT2D eigenvalue weighted by atomic mass is 10.0. The van der Waals surface area contributed by atoms with E-state index >= 15 is 0 Å². The molecule has 0 aliphatic heterocycles. The Balaban J connectivity index is 2.56. The number of hydrogen-bond donors (Lipinski definition) is 0. The second-order valence-corrected chi connectivity index (χ2v) is 8.31. The van der Waals surface area contributed by atoms with Gasteiger partial charge in [0.15, 0.2) is 0 Å². The first-order valence-electron chi connectivity index (χ1n) is 6.58. The Morgan fingerprint density at radius 3 is 2.65 bits per heavy atom. The number of halogens is 1. The molecule has 0 radical (unpaired) electrons. The van der Waals surface area contributed by atoms with Crippen molar-refractivity contribution in [3.05, 3.63) is 17.0 Å². The van der Waals surface area contributed by atoms with Gasteiger partial charge in [-0.05, 0) is 18.4 Å². The van der Waals surface area contributed by atoms with E-state index in [-0.39, 0.29) is 9.77 Å². The van der Waals surface area contributed by atoms with Crippen molar-refractivity contribution in [2.45, 2.75) is 43.7 Å². The Kier molecular flexibility index (Phi) is 6.99. The van der Waals surface area contributed by atoms with Crippen LogP contribution in [0.5, 0.6) is 0 Å². The second kappa shape index (κ2) is 8.00. The van der Waals surface area contributed by atoms with Gasteiger partial charge < -0.3 is 4.74 Å². The highest BCUT2D eigenvalue weighted by Gasteiger charge is 2.18. The second-order valence-electron chi connectivity index (χ2n) is 4.61. The van der Waals surface area contributed by atoms with Crippen molar-refractivity contribution in [2.75, 3.05) is 6.61 Å². The minimum atomic E-state index is -3.78. The van der Waals surface area contributed by atoms with Crippen LogP contribution in [0.2, 0.25) is 0 Å². The van der Waals surface area contributed by atoms with E-state index in [1.54, 1.807) is 0 Å². The SMILES string of the molecule is CCCCC(CC)COC(=O)c1csc(S(=O)(=O)Cl)c1. The fourth-order valence-corrected chi connectivity index (χ4v) is 3.66. The molecule has 0 aromatic carbocycles. The summed E-state index contributed by atoms with van der Waals surface area (Å²) in [6, 6.07) is 1.25. The zero-order valence-corrected chi connectivity index (χ0v) is 14.0. The molecule has 1 rings (SSSR count). The van der Waals surface area contributed by atoms with Gasteiger partial charge in [0.2, 0.25) is 0 Å². The number of esters is 1. The summed E-state index contributed by atoms with van der Waals surface area (Å²) in [6.45, 7) is 4.56. The van der Waals surface area contributed by atoms with Gasteiger partial charge in [-0.2, -0.15) is 0 Å². The lowest BCUT2D eigenvalue weighted by molar-refractivity contribution is 0.0428. The maximum absolute atomic E-state index is 11.8. The van der Waals surface area contributed by atoms with Gasteiger partial charge in [-0.3, -0.25) is 0 Å². The van der Waals surface area contributed by atoms with E-state index in [1.807, 2.05) is 0 Å². The third kappa shape index (κ3) is 5.42. The van der Waals surface area contributed by atoms with Crippen LogP contribution in [0.15, 0.2) is 15.7 Å². The Hall–Kier alpha value is -0.590. The Labute approximate surface area is 128 Å². The van der Waals surface area contributed by atoms with Gasteiger partial charge in [-0.15, -0.1) is 11.3 Å². The van der Waals surface area contributed by atoms with E-state index in [0.29, 0.717) is 12.5 Å². The number of ether oxygens (including phenoxy) is 1. The molecule has 1 aromatic heterocycles. The van der Waals surface area contributed by atoms with Crippen LogP contribution in [0.25, 0.3) is 0 Å². The first kappa shape index (κ1) is 17.5. The van der Waals surface area contributed by atoms with Crippen LogP contribution in [0.4, 0.5) is 0 Å². The number of rotatable bonds is 8. The zero-order valence-electron chi connectivity index (χ0n) is 11.6. The molecule has 0 bridgehead atoms. The molecule has 7 heteroatoms. The topological polar surface area (TPSA) is 60.4 Å². The normalized spacial score (nSPS) is 13.2. The highest BCUT2D eigenvalue weighted by molar-refractivity contribution is 8.15. The average Bonchev–Trinajstić information content (AvgIpc) is 2.88. The molecule has 114 valence electrons. The minimum absolute atomic E-state index is 0.0378. The fourth-order valence-electron chi connectivity index (χ4n) is 1.73. The van der Waals surface area contributed by atoms with Crippen LogP contribution < -0.4 is 0 Å². The van der Waals surface area contributed by atoms with Crippen molar-refractivity contribution < 1.29 is 17.9 Å².